The highest BCUT2D eigenvalue weighted by Crippen LogP contribution is 2.28. The van der Waals surface area contributed by atoms with E-state index < -0.39 is 6.36 Å². The number of halogens is 3. The molecule has 0 aromatic heterocycles. The normalized spacial score (nSPS) is 11.2. The second-order valence-corrected chi connectivity index (χ2v) is 6.44. The van der Waals surface area contributed by atoms with Crippen LogP contribution in [0.25, 0.3) is 11.1 Å². The van der Waals surface area contributed by atoms with E-state index >= 15 is 0 Å². The first-order valence-corrected chi connectivity index (χ1v) is 9.17. The van der Waals surface area contributed by atoms with Gasteiger partial charge in [0.1, 0.15) is 17.2 Å². The molecule has 0 amide bonds. The van der Waals surface area contributed by atoms with E-state index in [-0.39, 0.29) is 5.75 Å². The van der Waals surface area contributed by atoms with Crippen molar-refractivity contribution in [1.82, 2.24) is 0 Å². The highest BCUT2D eigenvalue weighted by Gasteiger charge is 2.30. The van der Waals surface area contributed by atoms with E-state index in [0.29, 0.717) is 42.5 Å². The van der Waals surface area contributed by atoms with E-state index in [2.05, 4.69) is 4.74 Å². The van der Waals surface area contributed by atoms with Gasteiger partial charge in [0, 0.05) is 12.1 Å². The lowest BCUT2D eigenvalue weighted by molar-refractivity contribution is -0.274. The average molecular weight is 418 g/mol. The van der Waals surface area contributed by atoms with Gasteiger partial charge in [-0.25, -0.2) is 0 Å². The van der Waals surface area contributed by atoms with Crippen LogP contribution in [0.3, 0.4) is 0 Å². The molecule has 0 saturated heterocycles. The molecular weight excluding hydrogens is 397 g/mol. The summed E-state index contributed by atoms with van der Waals surface area (Å²) in [6, 6.07) is 18.1. The van der Waals surface area contributed by atoms with Crippen LogP contribution in [0.1, 0.15) is 6.42 Å². The smallest absolute Gasteiger partial charge is 0.493 e. The van der Waals surface area contributed by atoms with Gasteiger partial charge in [0.15, 0.2) is 0 Å². The van der Waals surface area contributed by atoms with Crippen LogP contribution in [0, 0.1) is 0 Å². The summed E-state index contributed by atoms with van der Waals surface area (Å²) in [5, 5.41) is 0. The number of nitrogens with two attached hydrogens (primary N) is 2. The molecule has 0 bridgehead atoms. The maximum absolute atomic E-state index is 12.2. The summed E-state index contributed by atoms with van der Waals surface area (Å²) in [6.07, 6.45) is -4.04. The number of hydrogen-bond acceptors (Lipinski definition) is 5. The monoisotopic (exact) mass is 418 g/mol. The Kier molecular flexibility index (Phi) is 6.56. The SMILES string of the molecule is Nc1ccc(OCCCOc2ccc(-c3ccc(OC(F)(F)F)cc3)cc2)c(N)c1. The van der Waals surface area contributed by atoms with Crippen LogP contribution in [0.5, 0.6) is 17.2 Å². The summed E-state index contributed by atoms with van der Waals surface area (Å²) >= 11 is 0. The Morgan fingerprint density at radius 1 is 0.700 bits per heavy atom. The van der Waals surface area contributed by atoms with Gasteiger partial charge in [-0.15, -0.1) is 13.2 Å². The molecule has 0 saturated carbocycles. The van der Waals surface area contributed by atoms with Crippen molar-refractivity contribution in [3.63, 3.8) is 0 Å². The Hall–Kier alpha value is -3.55. The fourth-order valence-corrected chi connectivity index (χ4v) is 2.72. The molecule has 3 aromatic rings. The summed E-state index contributed by atoms with van der Waals surface area (Å²) in [4.78, 5) is 0. The van der Waals surface area contributed by atoms with Crippen molar-refractivity contribution >= 4 is 11.4 Å². The van der Waals surface area contributed by atoms with Crippen molar-refractivity contribution in [3.05, 3.63) is 66.7 Å². The summed E-state index contributed by atoms with van der Waals surface area (Å²) < 4.78 is 51.8. The van der Waals surface area contributed by atoms with Gasteiger partial charge in [0.25, 0.3) is 0 Å². The molecule has 0 atom stereocenters. The fourth-order valence-electron chi connectivity index (χ4n) is 2.72. The Morgan fingerprint density at radius 2 is 1.27 bits per heavy atom. The summed E-state index contributed by atoms with van der Waals surface area (Å²) in [5.41, 5.74) is 14.2. The number of benzene rings is 3. The van der Waals surface area contributed by atoms with Crippen molar-refractivity contribution in [2.75, 3.05) is 24.7 Å². The van der Waals surface area contributed by atoms with E-state index in [0.717, 1.165) is 11.1 Å². The van der Waals surface area contributed by atoms with Gasteiger partial charge in [0.2, 0.25) is 0 Å². The van der Waals surface area contributed by atoms with Crippen LogP contribution < -0.4 is 25.7 Å². The van der Waals surface area contributed by atoms with Crippen molar-refractivity contribution in [2.24, 2.45) is 0 Å². The van der Waals surface area contributed by atoms with E-state index in [1.54, 1.807) is 42.5 Å². The highest BCUT2D eigenvalue weighted by molar-refractivity contribution is 5.65. The molecule has 158 valence electrons. The number of ether oxygens (including phenoxy) is 3. The molecule has 0 fully saturated rings. The third-order valence-corrected chi connectivity index (χ3v) is 4.12. The molecule has 0 radical (unpaired) electrons. The number of alkyl halides is 3. The van der Waals surface area contributed by atoms with Gasteiger partial charge < -0.3 is 25.7 Å². The molecule has 8 heteroatoms. The zero-order chi connectivity index (χ0) is 21.6. The lowest BCUT2D eigenvalue weighted by Crippen LogP contribution is -2.16. The summed E-state index contributed by atoms with van der Waals surface area (Å²) in [7, 11) is 0. The van der Waals surface area contributed by atoms with E-state index in [9.17, 15) is 13.2 Å². The first kappa shape index (κ1) is 21.2. The number of rotatable bonds is 8. The molecule has 0 aliphatic carbocycles. The van der Waals surface area contributed by atoms with Crippen LogP contribution >= 0.6 is 0 Å². The standard InChI is InChI=1S/C22H21F3N2O3/c23-22(24,25)30-19-9-4-16(5-10-19)15-2-7-18(8-3-15)28-12-1-13-29-21-11-6-17(26)14-20(21)27/h2-11,14H,1,12-13,26-27H2. The van der Waals surface area contributed by atoms with Crippen molar-refractivity contribution in [2.45, 2.75) is 12.8 Å². The van der Waals surface area contributed by atoms with Gasteiger partial charge in [-0.3, -0.25) is 0 Å². The van der Waals surface area contributed by atoms with Crippen molar-refractivity contribution < 1.29 is 27.4 Å². The lowest BCUT2D eigenvalue weighted by Gasteiger charge is -2.11. The van der Waals surface area contributed by atoms with E-state index in [1.807, 2.05) is 12.1 Å². The minimum atomic E-state index is -4.70. The second kappa shape index (κ2) is 9.30. The molecular formula is C22H21F3N2O3. The molecule has 5 nitrogen and oxygen atoms in total. The topological polar surface area (TPSA) is 79.7 Å². The Balaban J connectivity index is 1.45. The Labute approximate surface area is 172 Å². The number of anilines is 2. The minimum absolute atomic E-state index is 0.255. The van der Waals surface area contributed by atoms with E-state index in [1.165, 1.54) is 12.1 Å². The van der Waals surface area contributed by atoms with Crippen LogP contribution in [0.15, 0.2) is 66.7 Å². The maximum atomic E-state index is 12.2. The summed E-state index contributed by atoms with van der Waals surface area (Å²) in [5.74, 6) is 1.01. The predicted molar refractivity (Wildman–Crippen MR) is 109 cm³/mol. The second-order valence-electron chi connectivity index (χ2n) is 6.44. The molecule has 0 unspecified atom stereocenters. The van der Waals surface area contributed by atoms with Gasteiger partial charge in [0.05, 0.1) is 18.9 Å². The zero-order valence-corrected chi connectivity index (χ0v) is 16.0. The Morgan fingerprint density at radius 3 is 1.83 bits per heavy atom. The maximum Gasteiger partial charge on any atom is 0.573 e. The molecule has 3 rings (SSSR count). The van der Waals surface area contributed by atoms with Gasteiger partial charge >= 0.3 is 6.36 Å². The van der Waals surface area contributed by atoms with Crippen molar-refractivity contribution in [3.8, 4) is 28.4 Å². The molecule has 0 aliphatic rings. The van der Waals surface area contributed by atoms with Crippen molar-refractivity contribution in [1.29, 1.82) is 0 Å². The third kappa shape index (κ3) is 6.23. The molecule has 0 spiro atoms. The van der Waals surface area contributed by atoms with Crippen LogP contribution in [0.2, 0.25) is 0 Å². The molecule has 0 aliphatic heterocycles. The highest BCUT2D eigenvalue weighted by atomic mass is 19.4. The van der Waals surface area contributed by atoms with Crippen LogP contribution in [-0.2, 0) is 0 Å². The predicted octanol–water partition coefficient (Wildman–Crippen LogP) is 5.26. The van der Waals surface area contributed by atoms with Gasteiger partial charge in [-0.2, -0.15) is 0 Å². The Bertz CT molecular complexity index is 959. The molecule has 4 N–H and O–H groups in total. The first-order chi connectivity index (χ1) is 14.3. The largest absolute Gasteiger partial charge is 0.573 e. The van der Waals surface area contributed by atoms with Crippen LogP contribution in [-0.4, -0.2) is 19.6 Å². The van der Waals surface area contributed by atoms with Gasteiger partial charge in [-0.1, -0.05) is 24.3 Å². The summed E-state index contributed by atoms with van der Waals surface area (Å²) in [6.45, 7) is 0.899. The lowest BCUT2D eigenvalue weighted by atomic mass is 10.1. The minimum Gasteiger partial charge on any atom is -0.493 e. The molecule has 0 heterocycles. The number of hydrogen-bond donors (Lipinski definition) is 2. The van der Waals surface area contributed by atoms with E-state index in [4.69, 9.17) is 20.9 Å². The zero-order valence-electron chi connectivity index (χ0n) is 16.0. The number of nitrogen functional groups attached to an aromatic ring is 2. The quantitative estimate of drug-likeness (QED) is 0.385. The fraction of sp³-hybridized carbons (Fsp3) is 0.182. The molecule has 3 aromatic carbocycles. The average Bonchev–Trinajstić information content (AvgIpc) is 2.69. The van der Waals surface area contributed by atoms with Gasteiger partial charge in [-0.05, 0) is 53.6 Å². The third-order valence-electron chi connectivity index (χ3n) is 4.12. The first-order valence-electron chi connectivity index (χ1n) is 9.17. The molecule has 30 heavy (non-hydrogen) atoms. The van der Waals surface area contributed by atoms with Crippen LogP contribution in [0.4, 0.5) is 24.5 Å².